The van der Waals surface area contributed by atoms with Crippen LogP contribution in [0.1, 0.15) is 22.4 Å². The van der Waals surface area contributed by atoms with E-state index in [2.05, 4.69) is 37.1 Å². The predicted octanol–water partition coefficient (Wildman–Crippen LogP) is 2.14. The number of hydrogen-bond donors (Lipinski definition) is 1. The molecule has 94 valence electrons. The maximum absolute atomic E-state index is 5.98. The second-order valence-electron chi connectivity index (χ2n) is 4.74. The summed E-state index contributed by atoms with van der Waals surface area (Å²) in [5, 5.41) is 4.48. The number of aryl methyl sites for hydroxylation is 1. The first-order valence-corrected chi connectivity index (χ1v) is 6.19. The number of nitrogens with two attached hydrogens (primary N) is 1. The molecule has 0 bridgehead atoms. The highest BCUT2D eigenvalue weighted by Crippen LogP contribution is 2.27. The van der Waals surface area contributed by atoms with Gasteiger partial charge >= 0.3 is 0 Å². The first-order valence-electron chi connectivity index (χ1n) is 6.19. The molecule has 0 unspecified atom stereocenters. The molecule has 1 aliphatic heterocycles. The molecule has 2 N–H and O–H groups in total. The zero-order chi connectivity index (χ0) is 12.7. The van der Waals surface area contributed by atoms with Gasteiger partial charge in [0, 0.05) is 12.0 Å². The largest absolute Gasteiger partial charge is 0.382 e. The lowest BCUT2D eigenvalue weighted by Crippen LogP contribution is -2.13. The highest BCUT2D eigenvalue weighted by molar-refractivity contribution is 5.51. The molecule has 0 radical (unpaired) electrons. The highest BCUT2D eigenvalue weighted by atomic mass is 16.5. The van der Waals surface area contributed by atoms with E-state index in [4.69, 9.17) is 10.5 Å². The van der Waals surface area contributed by atoms with Crippen LogP contribution in [0.5, 0.6) is 0 Å². The predicted molar refractivity (Wildman–Crippen MR) is 70.8 cm³/mol. The van der Waals surface area contributed by atoms with Crippen LogP contribution in [-0.2, 0) is 17.8 Å². The topological polar surface area (TPSA) is 53.1 Å². The van der Waals surface area contributed by atoms with Crippen molar-refractivity contribution < 1.29 is 4.74 Å². The lowest BCUT2D eigenvalue weighted by molar-refractivity contribution is 0.110. The fourth-order valence-corrected chi connectivity index (χ4v) is 2.43. The molecule has 0 saturated carbocycles. The Morgan fingerprint density at radius 3 is 3.00 bits per heavy atom. The minimum atomic E-state index is 0.575. The summed E-state index contributed by atoms with van der Waals surface area (Å²) in [7, 11) is 0. The molecular formula is C14H17N3O. The monoisotopic (exact) mass is 243 g/mol. The van der Waals surface area contributed by atoms with Crippen molar-refractivity contribution in [2.24, 2.45) is 0 Å². The normalized spacial score (nSPS) is 14.6. The molecule has 4 heteroatoms. The fourth-order valence-electron chi connectivity index (χ4n) is 2.43. The second-order valence-corrected chi connectivity index (χ2v) is 4.74. The molecule has 0 atom stereocenters. The summed E-state index contributed by atoms with van der Waals surface area (Å²) in [6.45, 7) is 5.55. The fraction of sp³-hybridized carbons (Fsp3) is 0.357. The number of hydrogen-bond acceptors (Lipinski definition) is 3. The van der Waals surface area contributed by atoms with Crippen LogP contribution in [0.25, 0.3) is 5.69 Å². The van der Waals surface area contributed by atoms with Crippen molar-refractivity contribution in [3.63, 3.8) is 0 Å². The molecule has 2 aromatic rings. The standard InChI is InChI=1S/C14H17N3O/c1-9-4-3-5-12(10(9)2)17-13-6-7-18-8-11(13)14(15)16-17/h3-5H,6-8H2,1-2H3,(H2,15,16). The number of anilines is 1. The first kappa shape index (κ1) is 11.3. The van der Waals surface area contributed by atoms with Gasteiger partial charge in [0.15, 0.2) is 5.82 Å². The maximum atomic E-state index is 5.98. The molecule has 0 saturated heterocycles. The molecule has 3 rings (SSSR count). The number of fused-ring (bicyclic) bond motifs is 1. The molecule has 1 aromatic heterocycles. The number of nitrogens with zero attached hydrogens (tertiary/aromatic N) is 2. The number of aromatic nitrogens is 2. The van der Waals surface area contributed by atoms with Crippen LogP contribution in [0.3, 0.4) is 0 Å². The lowest BCUT2D eigenvalue weighted by Gasteiger charge is -2.16. The number of benzene rings is 1. The Hall–Kier alpha value is -1.81. The summed E-state index contributed by atoms with van der Waals surface area (Å²) in [6, 6.07) is 6.26. The van der Waals surface area contributed by atoms with E-state index in [0.29, 0.717) is 12.4 Å². The molecule has 18 heavy (non-hydrogen) atoms. The molecule has 1 aliphatic rings. The van der Waals surface area contributed by atoms with Crippen molar-refractivity contribution in [1.82, 2.24) is 9.78 Å². The van der Waals surface area contributed by atoms with Crippen molar-refractivity contribution in [3.05, 3.63) is 40.6 Å². The van der Waals surface area contributed by atoms with Crippen molar-refractivity contribution in [2.45, 2.75) is 26.9 Å². The molecule has 0 aliphatic carbocycles. The number of nitrogen functional groups attached to an aromatic ring is 1. The van der Waals surface area contributed by atoms with Gasteiger partial charge in [-0.15, -0.1) is 0 Å². The van der Waals surface area contributed by atoms with E-state index in [1.165, 1.54) is 16.8 Å². The van der Waals surface area contributed by atoms with Crippen molar-refractivity contribution in [1.29, 1.82) is 0 Å². The van der Waals surface area contributed by atoms with Gasteiger partial charge in [0.1, 0.15) is 0 Å². The molecule has 4 nitrogen and oxygen atoms in total. The van der Waals surface area contributed by atoms with Gasteiger partial charge in [-0.1, -0.05) is 12.1 Å². The lowest BCUT2D eigenvalue weighted by atomic mass is 10.1. The van der Waals surface area contributed by atoms with Crippen LogP contribution < -0.4 is 5.73 Å². The Balaban J connectivity index is 2.20. The van der Waals surface area contributed by atoms with Gasteiger partial charge in [-0.25, -0.2) is 4.68 Å². The van der Waals surface area contributed by atoms with Gasteiger partial charge in [0.2, 0.25) is 0 Å². The van der Waals surface area contributed by atoms with Crippen LogP contribution in [0.2, 0.25) is 0 Å². The minimum absolute atomic E-state index is 0.575. The molecule has 1 aromatic carbocycles. The molecular weight excluding hydrogens is 226 g/mol. The average Bonchev–Trinajstić information content (AvgIpc) is 2.71. The van der Waals surface area contributed by atoms with Gasteiger partial charge in [0.05, 0.1) is 24.6 Å². The summed E-state index contributed by atoms with van der Waals surface area (Å²) in [5.41, 5.74) is 11.8. The van der Waals surface area contributed by atoms with Crippen molar-refractivity contribution >= 4 is 5.82 Å². The molecule has 0 spiro atoms. The first-order chi connectivity index (χ1) is 8.68. The van der Waals surface area contributed by atoms with Crippen LogP contribution in [0.4, 0.5) is 5.82 Å². The van der Waals surface area contributed by atoms with Gasteiger partial charge in [-0.3, -0.25) is 0 Å². The van der Waals surface area contributed by atoms with Gasteiger partial charge in [-0.2, -0.15) is 5.10 Å². The molecule has 0 fully saturated rings. The van der Waals surface area contributed by atoms with E-state index in [1.54, 1.807) is 0 Å². The van der Waals surface area contributed by atoms with E-state index >= 15 is 0 Å². The van der Waals surface area contributed by atoms with E-state index in [9.17, 15) is 0 Å². The van der Waals surface area contributed by atoms with Crippen LogP contribution >= 0.6 is 0 Å². The second kappa shape index (κ2) is 4.14. The SMILES string of the molecule is Cc1cccc(-n2nc(N)c3c2CCOC3)c1C. The van der Waals surface area contributed by atoms with Gasteiger partial charge in [-0.05, 0) is 31.0 Å². The average molecular weight is 243 g/mol. The van der Waals surface area contributed by atoms with Crippen molar-refractivity contribution in [2.75, 3.05) is 12.3 Å². The van der Waals surface area contributed by atoms with E-state index < -0.39 is 0 Å². The Bertz CT molecular complexity index is 601. The minimum Gasteiger partial charge on any atom is -0.382 e. The van der Waals surface area contributed by atoms with Gasteiger partial charge < -0.3 is 10.5 Å². The smallest absolute Gasteiger partial charge is 0.151 e. The van der Waals surface area contributed by atoms with Gasteiger partial charge in [0.25, 0.3) is 0 Å². The third kappa shape index (κ3) is 1.61. The van der Waals surface area contributed by atoms with Crippen LogP contribution in [-0.4, -0.2) is 16.4 Å². The molecule has 2 heterocycles. The van der Waals surface area contributed by atoms with E-state index in [-0.39, 0.29) is 0 Å². The maximum Gasteiger partial charge on any atom is 0.151 e. The third-order valence-electron chi connectivity index (χ3n) is 3.65. The van der Waals surface area contributed by atoms with Crippen molar-refractivity contribution in [3.8, 4) is 5.69 Å². The van der Waals surface area contributed by atoms with E-state index in [0.717, 1.165) is 24.3 Å². The van der Waals surface area contributed by atoms with Crippen LogP contribution in [0, 0.1) is 13.8 Å². The Morgan fingerprint density at radius 1 is 1.33 bits per heavy atom. The van der Waals surface area contributed by atoms with Crippen LogP contribution in [0.15, 0.2) is 18.2 Å². The highest BCUT2D eigenvalue weighted by Gasteiger charge is 2.21. The summed E-state index contributed by atoms with van der Waals surface area (Å²) in [6.07, 6.45) is 0.868. The number of rotatable bonds is 1. The zero-order valence-electron chi connectivity index (χ0n) is 10.7. The van der Waals surface area contributed by atoms with E-state index in [1.807, 2.05) is 4.68 Å². The third-order valence-corrected chi connectivity index (χ3v) is 3.65. The summed E-state index contributed by atoms with van der Waals surface area (Å²) in [5.74, 6) is 0.589. The number of ether oxygens (including phenoxy) is 1. The zero-order valence-corrected chi connectivity index (χ0v) is 10.7. The Morgan fingerprint density at radius 2 is 2.17 bits per heavy atom. The Kier molecular flexibility index (Phi) is 2.59. The molecule has 0 amide bonds. The summed E-state index contributed by atoms with van der Waals surface area (Å²) < 4.78 is 7.43. The summed E-state index contributed by atoms with van der Waals surface area (Å²) >= 11 is 0. The quantitative estimate of drug-likeness (QED) is 0.835. The summed E-state index contributed by atoms with van der Waals surface area (Å²) in [4.78, 5) is 0. The Labute approximate surface area is 106 Å².